The van der Waals surface area contributed by atoms with Crippen LogP contribution in [-0.2, 0) is 23.2 Å². The lowest BCUT2D eigenvalue weighted by atomic mass is 9.92. The lowest BCUT2D eigenvalue weighted by Gasteiger charge is -2.28. The number of benzene rings is 1. The molecule has 1 amide bonds. The molecule has 25 heavy (non-hydrogen) atoms. The van der Waals surface area contributed by atoms with Crippen LogP contribution in [0.4, 0.5) is 0 Å². The minimum Gasteiger partial charge on any atom is -0.345 e. The standard InChI is InChI=1S/C21H25N3O/c1-21(2,24-20(25)18-15-10-22-11-16(15)18)19-14-7-4-3-6-12(14)13-8-5-9-17(13)23-19/h3-4,6-7,15-16,18,22H,5,8-11H2,1-2H3,(H,24,25). The number of rotatable bonds is 3. The quantitative estimate of drug-likeness (QED) is 0.906. The molecule has 130 valence electrons. The molecule has 4 heteroatoms. The number of aryl methyl sites for hydroxylation is 2. The highest BCUT2D eigenvalue weighted by Gasteiger charge is 2.57. The second-order valence-electron chi connectivity index (χ2n) is 8.41. The summed E-state index contributed by atoms with van der Waals surface area (Å²) in [4.78, 5) is 17.8. The molecule has 2 fully saturated rings. The molecule has 2 unspecified atom stereocenters. The normalized spacial score (nSPS) is 27.2. The first-order valence-corrected chi connectivity index (χ1v) is 9.50. The minimum absolute atomic E-state index is 0.196. The van der Waals surface area contributed by atoms with E-state index in [9.17, 15) is 4.79 Å². The first-order valence-electron chi connectivity index (χ1n) is 9.50. The molecule has 1 aromatic carbocycles. The van der Waals surface area contributed by atoms with Crippen molar-refractivity contribution in [3.8, 4) is 0 Å². The second kappa shape index (κ2) is 5.28. The first-order chi connectivity index (χ1) is 12.1. The number of pyridine rings is 1. The Balaban J connectivity index is 1.51. The van der Waals surface area contributed by atoms with Gasteiger partial charge in [0.15, 0.2) is 0 Å². The van der Waals surface area contributed by atoms with Gasteiger partial charge in [-0.15, -0.1) is 0 Å². The number of nitrogens with zero attached hydrogens (tertiary/aromatic N) is 1. The van der Waals surface area contributed by atoms with Gasteiger partial charge in [0.2, 0.25) is 5.91 Å². The molecule has 1 saturated heterocycles. The van der Waals surface area contributed by atoms with Gasteiger partial charge in [0.05, 0.1) is 11.2 Å². The molecule has 4 nitrogen and oxygen atoms in total. The predicted octanol–water partition coefficient (Wildman–Crippen LogP) is 2.54. The Bertz CT molecular complexity index is 863. The summed E-state index contributed by atoms with van der Waals surface area (Å²) < 4.78 is 0. The van der Waals surface area contributed by atoms with Gasteiger partial charge in [0, 0.05) is 17.0 Å². The Hall–Kier alpha value is -1.94. The van der Waals surface area contributed by atoms with Gasteiger partial charge in [-0.05, 0) is 69.0 Å². The third-order valence-electron chi connectivity index (χ3n) is 6.36. The van der Waals surface area contributed by atoms with Crippen LogP contribution < -0.4 is 10.6 Å². The summed E-state index contributed by atoms with van der Waals surface area (Å²) in [6.45, 7) is 6.17. The van der Waals surface area contributed by atoms with Crippen molar-refractivity contribution in [2.45, 2.75) is 38.6 Å². The van der Waals surface area contributed by atoms with E-state index in [4.69, 9.17) is 4.98 Å². The molecule has 0 radical (unpaired) electrons. The minimum atomic E-state index is -0.460. The lowest BCUT2D eigenvalue weighted by molar-refractivity contribution is -0.124. The highest BCUT2D eigenvalue weighted by Crippen LogP contribution is 2.49. The summed E-state index contributed by atoms with van der Waals surface area (Å²) >= 11 is 0. The Kier molecular flexibility index (Phi) is 3.23. The fraction of sp³-hybridized carbons (Fsp3) is 0.524. The van der Waals surface area contributed by atoms with E-state index in [1.165, 1.54) is 28.5 Å². The molecule has 2 aromatic rings. The summed E-state index contributed by atoms with van der Waals surface area (Å²) in [6.07, 6.45) is 3.35. The number of aromatic nitrogens is 1. The van der Waals surface area contributed by atoms with Crippen molar-refractivity contribution in [1.82, 2.24) is 15.6 Å². The van der Waals surface area contributed by atoms with Gasteiger partial charge in [-0.2, -0.15) is 0 Å². The van der Waals surface area contributed by atoms with Crippen LogP contribution in [0.5, 0.6) is 0 Å². The summed E-state index contributed by atoms with van der Waals surface area (Å²) in [5.74, 6) is 1.48. The van der Waals surface area contributed by atoms with Gasteiger partial charge >= 0.3 is 0 Å². The molecule has 0 bridgehead atoms. The van der Waals surface area contributed by atoms with Crippen LogP contribution in [0.15, 0.2) is 24.3 Å². The van der Waals surface area contributed by atoms with Gasteiger partial charge in [0.25, 0.3) is 0 Å². The van der Waals surface area contributed by atoms with Crippen molar-refractivity contribution in [3.05, 3.63) is 41.2 Å². The van der Waals surface area contributed by atoms with Crippen molar-refractivity contribution in [2.24, 2.45) is 17.8 Å². The number of piperidine rings is 1. The molecular weight excluding hydrogens is 310 g/mol. The Morgan fingerprint density at radius 3 is 2.64 bits per heavy atom. The fourth-order valence-corrected chi connectivity index (χ4v) is 5.02. The van der Waals surface area contributed by atoms with E-state index in [2.05, 4.69) is 48.7 Å². The van der Waals surface area contributed by atoms with E-state index in [1.807, 2.05) is 0 Å². The van der Waals surface area contributed by atoms with Gasteiger partial charge in [0.1, 0.15) is 0 Å². The summed E-state index contributed by atoms with van der Waals surface area (Å²) in [5.41, 5.74) is 3.19. The van der Waals surface area contributed by atoms with E-state index in [1.54, 1.807) is 0 Å². The maximum Gasteiger partial charge on any atom is 0.224 e. The number of fused-ring (bicyclic) bond motifs is 4. The Morgan fingerprint density at radius 2 is 1.88 bits per heavy atom. The van der Waals surface area contributed by atoms with E-state index < -0.39 is 5.54 Å². The predicted molar refractivity (Wildman–Crippen MR) is 98.3 cm³/mol. The fourth-order valence-electron chi connectivity index (χ4n) is 5.02. The van der Waals surface area contributed by atoms with E-state index in [0.29, 0.717) is 11.8 Å². The maximum atomic E-state index is 12.8. The molecule has 2 N–H and O–H groups in total. The topological polar surface area (TPSA) is 54.0 Å². The number of amides is 1. The van der Waals surface area contributed by atoms with Gasteiger partial charge in [-0.3, -0.25) is 9.78 Å². The second-order valence-corrected chi connectivity index (χ2v) is 8.41. The van der Waals surface area contributed by atoms with Gasteiger partial charge in [-0.25, -0.2) is 0 Å². The summed E-state index contributed by atoms with van der Waals surface area (Å²) in [6, 6.07) is 8.54. The summed E-state index contributed by atoms with van der Waals surface area (Å²) in [7, 11) is 0. The zero-order valence-electron chi connectivity index (χ0n) is 14.9. The number of hydrogen-bond donors (Lipinski definition) is 2. The molecule has 2 aliphatic carbocycles. The van der Waals surface area contributed by atoms with Crippen LogP contribution >= 0.6 is 0 Å². The van der Waals surface area contributed by atoms with E-state index in [-0.39, 0.29) is 11.8 Å². The van der Waals surface area contributed by atoms with Crippen LogP contribution in [-0.4, -0.2) is 24.0 Å². The van der Waals surface area contributed by atoms with E-state index >= 15 is 0 Å². The number of nitrogens with one attached hydrogen (secondary N) is 2. The highest BCUT2D eigenvalue weighted by molar-refractivity contribution is 5.90. The molecular formula is C21H25N3O. The Labute approximate surface area is 148 Å². The molecule has 1 saturated carbocycles. The zero-order valence-corrected chi connectivity index (χ0v) is 14.9. The molecule has 2 atom stereocenters. The third kappa shape index (κ3) is 2.30. The van der Waals surface area contributed by atoms with Gasteiger partial charge in [-0.1, -0.05) is 24.3 Å². The number of hydrogen-bond acceptors (Lipinski definition) is 3. The number of carbonyl (C=O) groups excluding carboxylic acids is 1. The monoisotopic (exact) mass is 335 g/mol. The maximum absolute atomic E-state index is 12.8. The average molecular weight is 335 g/mol. The van der Waals surface area contributed by atoms with Crippen molar-refractivity contribution >= 4 is 16.7 Å². The van der Waals surface area contributed by atoms with Gasteiger partial charge < -0.3 is 10.6 Å². The molecule has 1 aromatic heterocycles. The largest absolute Gasteiger partial charge is 0.345 e. The van der Waals surface area contributed by atoms with Crippen molar-refractivity contribution in [2.75, 3.05) is 13.1 Å². The first kappa shape index (κ1) is 15.3. The van der Waals surface area contributed by atoms with Crippen LogP contribution in [0.3, 0.4) is 0 Å². The molecule has 2 heterocycles. The van der Waals surface area contributed by atoms with E-state index in [0.717, 1.165) is 31.6 Å². The van der Waals surface area contributed by atoms with Crippen LogP contribution in [0.2, 0.25) is 0 Å². The highest BCUT2D eigenvalue weighted by atomic mass is 16.2. The molecule has 0 spiro atoms. The van der Waals surface area contributed by atoms with Crippen molar-refractivity contribution in [1.29, 1.82) is 0 Å². The molecule has 5 rings (SSSR count). The summed E-state index contributed by atoms with van der Waals surface area (Å²) in [5, 5.41) is 9.18. The van der Waals surface area contributed by atoms with Crippen LogP contribution in [0.1, 0.15) is 37.2 Å². The molecule has 1 aliphatic heterocycles. The number of carbonyl (C=O) groups is 1. The van der Waals surface area contributed by atoms with Crippen LogP contribution in [0.25, 0.3) is 10.8 Å². The van der Waals surface area contributed by atoms with Crippen molar-refractivity contribution in [3.63, 3.8) is 0 Å². The molecule has 3 aliphatic rings. The SMILES string of the molecule is CC(C)(NC(=O)C1C2CNCC21)c1nc2c(c3ccccc13)CCC2. The van der Waals surface area contributed by atoms with Crippen LogP contribution in [0, 0.1) is 17.8 Å². The zero-order chi connectivity index (χ0) is 17.2. The third-order valence-corrected chi connectivity index (χ3v) is 6.36. The average Bonchev–Trinajstić information content (AvgIpc) is 2.95. The smallest absolute Gasteiger partial charge is 0.224 e. The Morgan fingerprint density at radius 1 is 1.16 bits per heavy atom. The lowest BCUT2D eigenvalue weighted by Crippen LogP contribution is -2.44. The van der Waals surface area contributed by atoms with Crippen molar-refractivity contribution < 1.29 is 4.79 Å².